The van der Waals surface area contributed by atoms with Gasteiger partial charge in [-0.15, -0.1) is 0 Å². The third kappa shape index (κ3) is 3.79. The van der Waals surface area contributed by atoms with E-state index in [4.69, 9.17) is 11.2 Å². The zero-order valence-corrected chi connectivity index (χ0v) is 11.6. The summed E-state index contributed by atoms with van der Waals surface area (Å²) in [4.78, 5) is 10.1. The summed E-state index contributed by atoms with van der Waals surface area (Å²) in [6, 6.07) is 0. The first-order chi connectivity index (χ1) is 6.00. The molecule has 0 saturated carbocycles. The minimum Gasteiger partial charge on any atom is -0.263 e. The lowest BCUT2D eigenvalue weighted by Crippen LogP contribution is -2.34. The molecule has 3 N–H and O–H groups in total. The van der Waals surface area contributed by atoms with Crippen LogP contribution in [0.4, 0.5) is 0 Å². The molecular weight excluding hydrogens is 246 g/mol. The lowest BCUT2D eigenvalue weighted by atomic mass is 11.3. The predicted octanol–water partition coefficient (Wildman–Crippen LogP) is 1.81. The van der Waals surface area contributed by atoms with Crippen LogP contribution in [0.15, 0.2) is 0 Å². The summed E-state index contributed by atoms with van der Waals surface area (Å²) in [6.45, 7) is 0. The van der Waals surface area contributed by atoms with Gasteiger partial charge in [0.2, 0.25) is 0 Å². The van der Waals surface area contributed by atoms with Crippen LogP contribution in [0.1, 0.15) is 0 Å². The maximum Gasteiger partial charge on any atom is 0.146 e. The van der Waals surface area contributed by atoms with Crippen molar-refractivity contribution in [3.05, 3.63) is 0 Å². The summed E-state index contributed by atoms with van der Waals surface area (Å²) in [5.41, 5.74) is 0. The van der Waals surface area contributed by atoms with E-state index in [1.807, 2.05) is 28.2 Å². The van der Waals surface area contributed by atoms with Crippen molar-refractivity contribution in [2.24, 2.45) is 0 Å². The van der Waals surface area contributed by atoms with E-state index in [9.17, 15) is 0 Å². The summed E-state index contributed by atoms with van der Waals surface area (Å²) < 4.78 is 4.26. The number of nitrogens with zero attached hydrogens (tertiary/aromatic N) is 2. The van der Waals surface area contributed by atoms with Gasteiger partial charge in [-0.25, -0.2) is 14.6 Å². The molecule has 2 atom stereocenters. The molecule has 0 radical (unpaired) electrons. The maximum atomic E-state index is 6.08. The number of nitrogens with one attached hydrogen (secondary N) is 3. The molecule has 0 aliphatic carbocycles. The Labute approximate surface area is 88.0 Å². The van der Waals surface area contributed by atoms with Crippen molar-refractivity contribution in [3.63, 3.8) is 0 Å². The van der Waals surface area contributed by atoms with Gasteiger partial charge in [0.25, 0.3) is 0 Å². The highest BCUT2D eigenvalue weighted by atomic mass is 35.7. The van der Waals surface area contributed by atoms with Crippen molar-refractivity contribution >= 4 is 35.6 Å². The Morgan fingerprint density at radius 2 is 1.23 bits per heavy atom. The third-order valence-corrected chi connectivity index (χ3v) is 8.75. The van der Waals surface area contributed by atoms with E-state index in [1.165, 1.54) is 0 Å². The molecule has 1 rings (SSSR count). The van der Waals surface area contributed by atoms with Crippen molar-refractivity contribution in [2.75, 3.05) is 28.2 Å². The normalized spacial score (nSPS) is 35.8. The molecule has 1 aliphatic rings. The molecule has 0 aromatic rings. The van der Waals surface area contributed by atoms with Crippen LogP contribution < -0.4 is 14.6 Å². The highest BCUT2D eigenvalue weighted by molar-refractivity contribution is 7.94. The lowest BCUT2D eigenvalue weighted by molar-refractivity contribution is 0.648. The van der Waals surface area contributed by atoms with Gasteiger partial charge in [-0.05, 0) is 28.2 Å². The zero-order chi connectivity index (χ0) is 10.0. The zero-order valence-electron chi connectivity index (χ0n) is 8.11. The highest BCUT2D eigenvalue weighted by Gasteiger charge is 2.29. The molecule has 9 heteroatoms. The van der Waals surface area contributed by atoms with Crippen LogP contribution in [-0.4, -0.2) is 37.5 Å². The van der Waals surface area contributed by atoms with E-state index in [2.05, 4.69) is 23.9 Å². The molecule has 78 valence electrons. The van der Waals surface area contributed by atoms with Crippen LogP contribution in [-0.2, 0) is 0 Å². The molecule has 1 aliphatic heterocycles. The molecule has 13 heavy (non-hydrogen) atoms. The van der Waals surface area contributed by atoms with Gasteiger partial charge in [-0.2, -0.15) is 0 Å². The van der Waals surface area contributed by atoms with Crippen LogP contribution in [0.5, 0.6) is 0 Å². The Balaban J connectivity index is 2.52. The molecule has 1 saturated heterocycles. The summed E-state index contributed by atoms with van der Waals surface area (Å²) in [5.74, 6) is 0. The monoisotopic (exact) mass is 261 g/mol. The molecule has 5 nitrogen and oxygen atoms in total. The largest absolute Gasteiger partial charge is 0.263 e. The molecular formula is C4H15ClN5P3. The van der Waals surface area contributed by atoms with Crippen molar-refractivity contribution in [1.82, 2.24) is 23.9 Å². The minimum absolute atomic E-state index is 0.487. The quantitative estimate of drug-likeness (QED) is 0.662. The third-order valence-electron chi connectivity index (χ3n) is 1.35. The summed E-state index contributed by atoms with van der Waals surface area (Å²) in [6.07, 6.45) is 0. The first-order valence-corrected chi connectivity index (χ1v) is 8.54. The first kappa shape index (κ1) is 12.4. The van der Waals surface area contributed by atoms with Crippen molar-refractivity contribution < 1.29 is 0 Å². The van der Waals surface area contributed by atoms with Gasteiger partial charge in [0, 0.05) is 0 Å². The summed E-state index contributed by atoms with van der Waals surface area (Å²) in [5, 5.41) is 0. The minimum atomic E-state index is -0.751. The molecule has 0 amide bonds. The molecule has 0 aromatic heterocycles. The fourth-order valence-electron chi connectivity index (χ4n) is 0.681. The van der Waals surface area contributed by atoms with Gasteiger partial charge in [0.15, 0.2) is 0 Å². The van der Waals surface area contributed by atoms with E-state index in [1.54, 1.807) is 0 Å². The van der Waals surface area contributed by atoms with Crippen molar-refractivity contribution in [2.45, 2.75) is 0 Å². The second kappa shape index (κ2) is 5.46. The average Bonchev–Trinajstić information content (AvgIpc) is 2.03. The SMILES string of the molecule is CN(C)P1NP(Cl)NP(N(C)C)N1. The van der Waals surface area contributed by atoms with Crippen LogP contribution >= 0.6 is 35.6 Å². The second-order valence-corrected chi connectivity index (χ2v) is 9.72. The van der Waals surface area contributed by atoms with Crippen LogP contribution in [0.3, 0.4) is 0 Å². The summed E-state index contributed by atoms with van der Waals surface area (Å²) in [7, 11) is 6.44. The van der Waals surface area contributed by atoms with E-state index < -0.39 is 24.3 Å². The van der Waals surface area contributed by atoms with E-state index >= 15 is 0 Å². The summed E-state index contributed by atoms with van der Waals surface area (Å²) >= 11 is 6.08. The smallest absolute Gasteiger partial charge is 0.146 e. The van der Waals surface area contributed by atoms with Gasteiger partial charge in [0.05, 0.1) is 0 Å². The average molecular weight is 262 g/mol. The van der Waals surface area contributed by atoms with Crippen molar-refractivity contribution in [1.29, 1.82) is 0 Å². The van der Waals surface area contributed by atoms with Gasteiger partial charge in [-0.3, -0.25) is 9.34 Å². The Bertz CT molecular complexity index is 154. The van der Waals surface area contributed by atoms with Crippen LogP contribution in [0, 0.1) is 0 Å². The highest BCUT2D eigenvalue weighted by Crippen LogP contribution is 2.57. The van der Waals surface area contributed by atoms with Crippen LogP contribution in [0.25, 0.3) is 0 Å². The topological polar surface area (TPSA) is 42.6 Å². The number of halogens is 1. The fraction of sp³-hybridized carbons (Fsp3) is 1.00. The fourth-order valence-corrected chi connectivity index (χ4v) is 8.62. The van der Waals surface area contributed by atoms with E-state index in [-0.39, 0.29) is 0 Å². The van der Waals surface area contributed by atoms with E-state index in [0.717, 1.165) is 0 Å². The molecule has 0 spiro atoms. The van der Waals surface area contributed by atoms with Gasteiger partial charge in [0.1, 0.15) is 24.3 Å². The Morgan fingerprint density at radius 1 is 0.846 bits per heavy atom. The predicted molar refractivity (Wildman–Crippen MR) is 63.4 cm³/mol. The molecule has 2 unspecified atom stereocenters. The molecule has 0 aromatic carbocycles. The Hall–Kier alpha value is 1.38. The standard InChI is InChI=1S/C4H15ClN5P3/c1-9(2)12-6-11(5)7-13(8-12)10(3)4/h6-8H,1-4H3. The number of hydrogen-bond donors (Lipinski definition) is 3. The Kier molecular flexibility index (Phi) is 5.23. The molecule has 1 fully saturated rings. The number of rotatable bonds is 2. The molecule has 1 heterocycles. The van der Waals surface area contributed by atoms with E-state index in [0.29, 0.717) is 0 Å². The Morgan fingerprint density at radius 3 is 1.54 bits per heavy atom. The van der Waals surface area contributed by atoms with Crippen LogP contribution in [0.2, 0.25) is 0 Å². The van der Waals surface area contributed by atoms with Crippen molar-refractivity contribution in [3.8, 4) is 0 Å². The molecule has 0 bridgehead atoms. The van der Waals surface area contributed by atoms with Gasteiger partial charge in [-0.1, -0.05) is 11.2 Å². The van der Waals surface area contributed by atoms with Gasteiger partial charge >= 0.3 is 0 Å². The second-order valence-electron chi connectivity index (χ2n) is 2.90. The van der Waals surface area contributed by atoms with Gasteiger partial charge < -0.3 is 0 Å². The maximum absolute atomic E-state index is 6.08. The first-order valence-electron chi connectivity index (χ1n) is 3.70. The number of hydrogen-bond acceptors (Lipinski definition) is 5. The lowest BCUT2D eigenvalue weighted by Gasteiger charge is -2.39.